The average molecular weight is 379 g/mol. The second kappa shape index (κ2) is 8.47. The zero-order chi connectivity index (χ0) is 20.1. The number of imide groups is 1. The molecular formula is C21H21N3O4. The van der Waals surface area contributed by atoms with Crippen molar-refractivity contribution < 1.29 is 19.2 Å². The van der Waals surface area contributed by atoms with Crippen molar-refractivity contribution in [1.29, 1.82) is 0 Å². The summed E-state index contributed by atoms with van der Waals surface area (Å²) in [4.78, 5) is 48.9. The summed E-state index contributed by atoms with van der Waals surface area (Å²) >= 11 is 0. The molecule has 0 saturated carbocycles. The van der Waals surface area contributed by atoms with Crippen molar-refractivity contribution in [3.63, 3.8) is 0 Å². The summed E-state index contributed by atoms with van der Waals surface area (Å²) in [5, 5.41) is 5.50. The van der Waals surface area contributed by atoms with E-state index in [-0.39, 0.29) is 36.6 Å². The Hall–Kier alpha value is -3.48. The monoisotopic (exact) mass is 379 g/mol. The van der Waals surface area contributed by atoms with Gasteiger partial charge in [-0.3, -0.25) is 24.1 Å². The van der Waals surface area contributed by atoms with Gasteiger partial charge in [0.25, 0.3) is 11.8 Å². The van der Waals surface area contributed by atoms with Crippen LogP contribution in [0.15, 0.2) is 48.5 Å². The number of amides is 4. The Kier molecular flexibility index (Phi) is 5.84. The van der Waals surface area contributed by atoms with Crippen molar-refractivity contribution in [3.05, 3.63) is 65.2 Å². The molecule has 28 heavy (non-hydrogen) atoms. The maximum Gasteiger partial charge on any atom is 0.261 e. The van der Waals surface area contributed by atoms with Crippen molar-refractivity contribution in [1.82, 2.24) is 10.2 Å². The summed E-state index contributed by atoms with van der Waals surface area (Å²) in [5.41, 5.74) is 2.36. The van der Waals surface area contributed by atoms with E-state index in [0.29, 0.717) is 29.8 Å². The first-order chi connectivity index (χ1) is 13.5. The number of anilines is 1. The third-order valence-corrected chi connectivity index (χ3v) is 4.40. The lowest BCUT2D eigenvalue weighted by atomic mass is 10.1. The van der Waals surface area contributed by atoms with Crippen LogP contribution >= 0.6 is 0 Å². The average Bonchev–Trinajstić information content (AvgIpc) is 2.91. The fourth-order valence-electron chi connectivity index (χ4n) is 3.09. The molecule has 7 heteroatoms. The molecule has 4 amide bonds. The molecule has 2 aromatic rings. The van der Waals surface area contributed by atoms with E-state index in [1.54, 1.807) is 42.5 Å². The molecule has 1 aliphatic heterocycles. The number of carbonyl (C=O) groups is 4. The Labute approximate surface area is 162 Å². The van der Waals surface area contributed by atoms with Crippen LogP contribution in [0.2, 0.25) is 0 Å². The summed E-state index contributed by atoms with van der Waals surface area (Å²) < 4.78 is 0. The van der Waals surface area contributed by atoms with Crippen LogP contribution in [0.5, 0.6) is 0 Å². The Morgan fingerprint density at radius 1 is 0.964 bits per heavy atom. The standard InChI is InChI=1S/C21H21N3O4/c1-14(25)23-16-7-4-6-15(12-16)13-22-19(26)10-5-11-24-20(27)17-8-2-3-9-18(17)21(24)28/h2-4,6-9,12H,5,10-11,13H2,1H3,(H,22,26)(H,23,25). The number of hydrogen-bond donors (Lipinski definition) is 2. The number of rotatable bonds is 7. The quantitative estimate of drug-likeness (QED) is 0.722. The highest BCUT2D eigenvalue weighted by atomic mass is 16.2. The lowest BCUT2D eigenvalue weighted by Crippen LogP contribution is -2.32. The summed E-state index contributed by atoms with van der Waals surface area (Å²) in [5.74, 6) is -0.942. The maximum absolute atomic E-state index is 12.3. The molecule has 1 aliphatic rings. The Morgan fingerprint density at radius 3 is 2.29 bits per heavy atom. The molecule has 2 N–H and O–H groups in total. The van der Waals surface area contributed by atoms with Crippen LogP contribution < -0.4 is 10.6 Å². The molecule has 0 spiro atoms. The first-order valence-corrected chi connectivity index (χ1v) is 9.04. The number of nitrogens with zero attached hydrogens (tertiary/aromatic N) is 1. The van der Waals surface area contributed by atoms with E-state index in [1.807, 2.05) is 6.07 Å². The molecule has 0 atom stereocenters. The molecule has 144 valence electrons. The van der Waals surface area contributed by atoms with Crippen molar-refractivity contribution in [2.24, 2.45) is 0 Å². The predicted octanol–water partition coefficient (Wildman–Crippen LogP) is 2.34. The van der Waals surface area contributed by atoms with Gasteiger partial charge in [-0.2, -0.15) is 0 Å². The van der Waals surface area contributed by atoms with Gasteiger partial charge in [-0.05, 0) is 36.2 Å². The van der Waals surface area contributed by atoms with E-state index in [2.05, 4.69) is 10.6 Å². The minimum atomic E-state index is -0.309. The van der Waals surface area contributed by atoms with Crippen molar-refractivity contribution in [3.8, 4) is 0 Å². The fourth-order valence-corrected chi connectivity index (χ4v) is 3.09. The third-order valence-electron chi connectivity index (χ3n) is 4.40. The molecule has 0 fully saturated rings. The maximum atomic E-state index is 12.3. The topological polar surface area (TPSA) is 95.6 Å². The van der Waals surface area contributed by atoms with Gasteiger partial charge in [-0.15, -0.1) is 0 Å². The summed E-state index contributed by atoms with van der Waals surface area (Å²) in [6.07, 6.45) is 0.599. The minimum absolute atomic E-state index is 0.158. The first-order valence-electron chi connectivity index (χ1n) is 9.04. The normalized spacial score (nSPS) is 12.7. The summed E-state index contributed by atoms with van der Waals surface area (Å²) in [7, 11) is 0. The Bertz CT molecular complexity index is 904. The lowest BCUT2D eigenvalue weighted by Gasteiger charge is -2.13. The van der Waals surface area contributed by atoms with Crippen molar-refractivity contribution in [2.75, 3.05) is 11.9 Å². The van der Waals surface area contributed by atoms with Crippen LogP contribution in [0.4, 0.5) is 5.69 Å². The molecule has 0 unspecified atom stereocenters. The number of carbonyl (C=O) groups excluding carboxylic acids is 4. The highest BCUT2D eigenvalue weighted by Gasteiger charge is 2.34. The van der Waals surface area contributed by atoms with Gasteiger partial charge >= 0.3 is 0 Å². The van der Waals surface area contributed by atoms with Gasteiger partial charge in [0.2, 0.25) is 11.8 Å². The zero-order valence-corrected chi connectivity index (χ0v) is 15.5. The van der Waals surface area contributed by atoms with E-state index in [9.17, 15) is 19.2 Å². The van der Waals surface area contributed by atoms with E-state index in [1.165, 1.54) is 11.8 Å². The van der Waals surface area contributed by atoms with E-state index in [4.69, 9.17) is 0 Å². The predicted molar refractivity (Wildman–Crippen MR) is 104 cm³/mol. The Balaban J connectivity index is 1.45. The molecule has 0 aliphatic carbocycles. The highest BCUT2D eigenvalue weighted by Crippen LogP contribution is 2.22. The summed E-state index contributed by atoms with van der Waals surface area (Å²) in [6, 6.07) is 13.9. The van der Waals surface area contributed by atoms with Crippen LogP contribution in [-0.2, 0) is 16.1 Å². The van der Waals surface area contributed by atoms with Gasteiger partial charge in [0.1, 0.15) is 0 Å². The van der Waals surface area contributed by atoms with E-state index in [0.717, 1.165) is 5.56 Å². The molecule has 1 heterocycles. The largest absolute Gasteiger partial charge is 0.352 e. The van der Waals surface area contributed by atoms with Gasteiger partial charge in [-0.1, -0.05) is 24.3 Å². The molecule has 0 saturated heterocycles. The minimum Gasteiger partial charge on any atom is -0.352 e. The van der Waals surface area contributed by atoms with Crippen molar-refractivity contribution in [2.45, 2.75) is 26.3 Å². The number of fused-ring (bicyclic) bond motifs is 1. The van der Waals surface area contributed by atoms with E-state index < -0.39 is 0 Å². The van der Waals surface area contributed by atoms with Gasteiger partial charge in [0.05, 0.1) is 11.1 Å². The summed E-state index contributed by atoms with van der Waals surface area (Å²) in [6.45, 7) is 1.97. The molecular weight excluding hydrogens is 358 g/mol. The SMILES string of the molecule is CC(=O)Nc1cccc(CNC(=O)CCCN2C(=O)c3ccccc3C2=O)c1. The fraction of sp³-hybridized carbons (Fsp3) is 0.238. The van der Waals surface area contributed by atoms with E-state index >= 15 is 0 Å². The molecule has 0 radical (unpaired) electrons. The van der Waals surface area contributed by atoms with Crippen LogP contribution in [0, 0.1) is 0 Å². The number of hydrogen-bond acceptors (Lipinski definition) is 4. The van der Waals surface area contributed by atoms with Crippen molar-refractivity contribution >= 4 is 29.3 Å². The molecule has 0 bridgehead atoms. The second-order valence-corrected chi connectivity index (χ2v) is 6.57. The number of nitrogens with one attached hydrogen (secondary N) is 2. The number of benzene rings is 2. The molecule has 7 nitrogen and oxygen atoms in total. The molecule has 2 aromatic carbocycles. The van der Waals surface area contributed by atoms with Crippen LogP contribution in [0.3, 0.4) is 0 Å². The third kappa shape index (κ3) is 4.43. The van der Waals surface area contributed by atoms with Gasteiger partial charge < -0.3 is 10.6 Å². The second-order valence-electron chi connectivity index (χ2n) is 6.57. The van der Waals surface area contributed by atoms with Gasteiger partial charge in [0.15, 0.2) is 0 Å². The van der Waals surface area contributed by atoms with Crippen LogP contribution in [0.25, 0.3) is 0 Å². The Morgan fingerprint density at radius 2 is 1.64 bits per heavy atom. The van der Waals surface area contributed by atoms with Gasteiger partial charge in [-0.25, -0.2) is 0 Å². The first kappa shape index (κ1) is 19.3. The van der Waals surface area contributed by atoms with Gasteiger partial charge in [0, 0.05) is 32.1 Å². The van der Waals surface area contributed by atoms with Crippen LogP contribution in [0.1, 0.15) is 46.0 Å². The highest BCUT2D eigenvalue weighted by molar-refractivity contribution is 6.21. The van der Waals surface area contributed by atoms with Crippen LogP contribution in [-0.4, -0.2) is 35.1 Å². The molecule has 0 aromatic heterocycles. The smallest absolute Gasteiger partial charge is 0.261 e. The zero-order valence-electron chi connectivity index (χ0n) is 15.5. The lowest BCUT2D eigenvalue weighted by molar-refractivity contribution is -0.121. The molecule has 3 rings (SSSR count).